The first-order valence-electron chi connectivity index (χ1n) is 2.60. The summed E-state index contributed by atoms with van der Waals surface area (Å²) in [5, 5.41) is 0. The average molecular weight is 180 g/mol. The standard InChI is InChI=1S/C4H8N2O2S2/c1-10(7,8)4-3(5)2-6-9-4/h6H,2,5H2,1H3. The Morgan fingerprint density at radius 1 is 1.70 bits per heavy atom. The molecule has 1 rings (SSSR count). The summed E-state index contributed by atoms with van der Waals surface area (Å²) in [6, 6.07) is 0. The molecule has 0 bridgehead atoms. The molecule has 0 amide bonds. The zero-order valence-electron chi connectivity index (χ0n) is 5.42. The Kier molecular flexibility index (Phi) is 1.93. The minimum atomic E-state index is -3.10. The van der Waals surface area contributed by atoms with E-state index in [1.807, 2.05) is 0 Å². The van der Waals surface area contributed by atoms with E-state index in [4.69, 9.17) is 5.73 Å². The number of nitrogens with two attached hydrogens (primary N) is 1. The minimum absolute atomic E-state index is 0.257. The van der Waals surface area contributed by atoms with Crippen LogP contribution in [0.2, 0.25) is 0 Å². The second-order valence-corrected chi connectivity index (χ2v) is 5.12. The van der Waals surface area contributed by atoms with Crippen LogP contribution < -0.4 is 10.5 Å². The van der Waals surface area contributed by atoms with Crippen LogP contribution in [0.15, 0.2) is 9.93 Å². The summed E-state index contributed by atoms with van der Waals surface area (Å²) in [6.07, 6.45) is 1.15. The predicted octanol–water partition coefficient (Wildman–Crippen LogP) is -0.590. The highest BCUT2D eigenvalue weighted by Crippen LogP contribution is 2.24. The van der Waals surface area contributed by atoms with Crippen molar-refractivity contribution < 1.29 is 8.42 Å². The van der Waals surface area contributed by atoms with Gasteiger partial charge in [-0.15, -0.1) is 0 Å². The van der Waals surface area contributed by atoms with E-state index >= 15 is 0 Å². The fraction of sp³-hybridized carbons (Fsp3) is 0.500. The van der Waals surface area contributed by atoms with Gasteiger partial charge >= 0.3 is 0 Å². The van der Waals surface area contributed by atoms with Gasteiger partial charge in [-0.2, -0.15) is 0 Å². The molecule has 1 heterocycles. The van der Waals surface area contributed by atoms with Crippen molar-refractivity contribution in [1.29, 1.82) is 0 Å². The van der Waals surface area contributed by atoms with Gasteiger partial charge in [-0.1, -0.05) is 0 Å². The number of rotatable bonds is 1. The molecule has 4 nitrogen and oxygen atoms in total. The van der Waals surface area contributed by atoms with E-state index < -0.39 is 9.84 Å². The molecule has 0 saturated heterocycles. The largest absolute Gasteiger partial charge is 0.399 e. The summed E-state index contributed by atoms with van der Waals surface area (Å²) in [5.41, 5.74) is 5.79. The highest BCUT2D eigenvalue weighted by Gasteiger charge is 2.21. The lowest BCUT2D eigenvalue weighted by molar-refractivity contribution is 0.609. The van der Waals surface area contributed by atoms with Gasteiger partial charge < -0.3 is 5.73 Å². The summed E-state index contributed by atoms with van der Waals surface area (Å²) in [7, 11) is -3.10. The first-order chi connectivity index (χ1) is 4.52. The lowest BCUT2D eigenvalue weighted by Crippen LogP contribution is -2.08. The van der Waals surface area contributed by atoms with Crippen LogP contribution in [0.1, 0.15) is 0 Å². The van der Waals surface area contributed by atoms with Crippen molar-refractivity contribution in [3.05, 3.63) is 9.93 Å². The second-order valence-electron chi connectivity index (χ2n) is 2.01. The molecular weight excluding hydrogens is 172 g/mol. The van der Waals surface area contributed by atoms with Crippen LogP contribution in [-0.4, -0.2) is 21.2 Å². The Bertz CT molecular complexity index is 267. The fourth-order valence-corrected chi connectivity index (χ4v) is 2.52. The SMILES string of the molecule is CS(=O)(=O)C1=C(N)CNS1. The lowest BCUT2D eigenvalue weighted by atomic mass is 10.5. The molecule has 0 radical (unpaired) electrons. The third-order valence-corrected chi connectivity index (χ3v) is 3.86. The van der Waals surface area contributed by atoms with Gasteiger partial charge in [0, 0.05) is 18.5 Å². The zero-order valence-corrected chi connectivity index (χ0v) is 7.05. The highest BCUT2D eigenvalue weighted by atomic mass is 32.3. The van der Waals surface area contributed by atoms with Gasteiger partial charge in [0.05, 0.1) is 0 Å². The average Bonchev–Trinajstić information content (AvgIpc) is 2.11. The summed E-state index contributed by atoms with van der Waals surface area (Å²) >= 11 is 1.07. The smallest absolute Gasteiger partial charge is 0.184 e. The molecule has 0 saturated carbocycles. The summed E-state index contributed by atoms with van der Waals surface area (Å²) in [5.74, 6) is 0. The van der Waals surface area contributed by atoms with Crippen LogP contribution in [0.25, 0.3) is 0 Å². The molecule has 58 valence electrons. The Labute approximate surface area is 63.9 Å². The molecule has 1 aliphatic rings. The number of hydrogen-bond acceptors (Lipinski definition) is 5. The van der Waals surface area contributed by atoms with Gasteiger partial charge in [-0.05, 0) is 11.9 Å². The van der Waals surface area contributed by atoms with Gasteiger partial charge in [-0.3, -0.25) is 4.72 Å². The third kappa shape index (κ3) is 1.44. The maximum Gasteiger partial charge on any atom is 0.184 e. The molecule has 0 atom stereocenters. The molecule has 0 aliphatic carbocycles. The van der Waals surface area contributed by atoms with E-state index in [2.05, 4.69) is 4.72 Å². The monoisotopic (exact) mass is 180 g/mol. The predicted molar refractivity (Wildman–Crippen MR) is 41.7 cm³/mol. The van der Waals surface area contributed by atoms with Crippen LogP contribution in [0, 0.1) is 0 Å². The van der Waals surface area contributed by atoms with Crippen LogP contribution in [-0.2, 0) is 9.84 Å². The summed E-state index contributed by atoms with van der Waals surface area (Å²) in [6.45, 7) is 0.451. The molecule has 3 N–H and O–H groups in total. The van der Waals surface area contributed by atoms with Crippen molar-refractivity contribution in [1.82, 2.24) is 4.72 Å². The van der Waals surface area contributed by atoms with E-state index in [9.17, 15) is 8.42 Å². The van der Waals surface area contributed by atoms with Gasteiger partial charge in [0.15, 0.2) is 9.84 Å². The van der Waals surface area contributed by atoms with Crippen LogP contribution >= 0.6 is 11.9 Å². The molecule has 10 heavy (non-hydrogen) atoms. The van der Waals surface area contributed by atoms with E-state index in [0.29, 0.717) is 12.2 Å². The van der Waals surface area contributed by atoms with Gasteiger partial charge in [-0.25, -0.2) is 8.42 Å². The maximum atomic E-state index is 10.8. The molecule has 0 aromatic heterocycles. The van der Waals surface area contributed by atoms with Gasteiger partial charge in [0.25, 0.3) is 0 Å². The second kappa shape index (κ2) is 2.44. The Hall–Kier alpha value is -0.200. The van der Waals surface area contributed by atoms with Gasteiger partial charge in [0.2, 0.25) is 0 Å². The van der Waals surface area contributed by atoms with Crippen molar-refractivity contribution in [3.63, 3.8) is 0 Å². The molecule has 0 aromatic rings. The first kappa shape index (κ1) is 7.90. The molecule has 0 fully saturated rings. The fourth-order valence-electron chi connectivity index (χ4n) is 0.631. The lowest BCUT2D eigenvalue weighted by Gasteiger charge is -1.95. The Morgan fingerprint density at radius 3 is 2.50 bits per heavy atom. The van der Waals surface area contributed by atoms with Crippen molar-refractivity contribution in [2.75, 3.05) is 12.8 Å². The Morgan fingerprint density at radius 2 is 2.30 bits per heavy atom. The number of nitrogens with one attached hydrogen (secondary N) is 1. The summed E-state index contributed by atoms with van der Waals surface area (Å²) in [4.78, 5) is 0. The zero-order chi connectivity index (χ0) is 7.78. The third-order valence-electron chi connectivity index (χ3n) is 1.03. The van der Waals surface area contributed by atoms with E-state index in [1.54, 1.807) is 0 Å². The van der Waals surface area contributed by atoms with Gasteiger partial charge in [0.1, 0.15) is 4.24 Å². The van der Waals surface area contributed by atoms with Crippen molar-refractivity contribution in [2.24, 2.45) is 5.73 Å². The van der Waals surface area contributed by atoms with E-state index in [0.717, 1.165) is 18.2 Å². The van der Waals surface area contributed by atoms with Crippen LogP contribution in [0.4, 0.5) is 0 Å². The molecule has 1 aliphatic heterocycles. The maximum absolute atomic E-state index is 10.8. The first-order valence-corrected chi connectivity index (χ1v) is 5.31. The quantitative estimate of drug-likeness (QED) is 0.528. The topological polar surface area (TPSA) is 72.2 Å². The minimum Gasteiger partial charge on any atom is -0.399 e. The molecule has 6 heteroatoms. The van der Waals surface area contributed by atoms with Crippen molar-refractivity contribution in [3.8, 4) is 0 Å². The highest BCUT2D eigenvalue weighted by molar-refractivity contribution is 8.17. The van der Waals surface area contributed by atoms with Crippen molar-refractivity contribution >= 4 is 21.8 Å². The molecule has 0 aromatic carbocycles. The normalized spacial score (nSPS) is 20.1. The molecule has 0 spiro atoms. The number of hydrogen-bond donors (Lipinski definition) is 2. The van der Waals surface area contributed by atoms with Crippen LogP contribution in [0.3, 0.4) is 0 Å². The van der Waals surface area contributed by atoms with Crippen molar-refractivity contribution in [2.45, 2.75) is 0 Å². The van der Waals surface area contributed by atoms with E-state index in [1.165, 1.54) is 0 Å². The Balaban J connectivity index is 3.04. The molecular formula is C4H8N2O2S2. The summed E-state index contributed by atoms with van der Waals surface area (Å²) < 4.78 is 24.7. The van der Waals surface area contributed by atoms with Crippen LogP contribution in [0.5, 0.6) is 0 Å². The number of sulfone groups is 1. The molecule has 0 unspecified atom stereocenters. The van der Waals surface area contributed by atoms with E-state index in [-0.39, 0.29) is 4.24 Å².